The van der Waals surface area contributed by atoms with Crippen molar-refractivity contribution >= 4 is 49.9 Å². The summed E-state index contributed by atoms with van der Waals surface area (Å²) in [5.41, 5.74) is 1.69. The van der Waals surface area contributed by atoms with Gasteiger partial charge in [-0.2, -0.15) is 0 Å². The Balaban J connectivity index is 1.69. The minimum Gasteiger partial charge on any atom is -0.280 e. The van der Waals surface area contributed by atoms with E-state index in [9.17, 15) is 8.42 Å². The Kier molecular flexibility index (Phi) is 4.47. The molecule has 7 nitrogen and oxygen atoms in total. The fourth-order valence-electron chi connectivity index (χ4n) is 2.55. The number of nitrogens with one attached hydrogen (secondary N) is 1. The van der Waals surface area contributed by atoms with Crippen molar-refractivity contribution in [3.8, 4) is 5.95 Å². The van der Waals surface area contributed by atoms with E-state index in [2.05, 4.69) is 19.7 Å². The summed E-state index contributed by atoms with van der Waals surface area (Å²) in [6, 6.07) is 10.8. The van der Waals surface area contributed by atoms with Crippen LogP contribution in [0, 0.1) is 0 Å². The van der Waals surface area contributed by atoms with Gasteiger partial charge in [-0.25, -0.2) is 23.4 Å². The Morgan fingerprint density at radius 2 is 1.63 bits per heavy atom. The lowest BCUT2D eigenvalue weighted by Gasteiger charge is -2.09. The number of anilines is 1. The lowest BCUT2D eigenvalue weighted by molar-refractivity contribution is 0.601. The van der Waals surface area contributed by atoms with Crippen LogP contribution >= 0.6 is 23.2 Å². The van der Waals surface area contributed by atoms with Crippen molar-refractivity contribution < 1.29 is 8.42 Å². The Morgan fingerprint density at radius 1 is 0.926 bits per heavy atom. The SMILES string of the molecule is O=S(=O)(Nc1ccc2c(c1)ncn2-c1ncccn1)c1cc(Cl)cc(Cl)c1. The van der Waals surface area contributed by atoms with Crippen LogP contribution in [0.4, 0.5) is 5.69 Å². The molecule has 2 heterocycles. The molecule has 0 radical (unpaired) electrons. The highest BCUT2D eigenvalue weighted by Crippen LogP contribution is 2.26. The van der Waals surface area contributed by atoms with E-state index in [4.69, 9.17) is 23.2 Å². The van der Waals surface area contributed by atoms with Crippen LogP contribution in [0.5, 0.6) is 0 Å². The molecule has 2 aromatic carbocycles. The molecule has 27 heavy (non-hydrogen) atoms. The molecular weight excluding hydrogens is 409 g/mol. The van der Waals surface area contributed by atoms with E-state index >= 15 is 0 Å². The van der Waals surface area contributed by atoms with E-state index in [0.29, 0.717) is 17.2 Å². The van der Waals surface area contributed by atoms with Gasteiger partial charge in [0.25, 0.3) is 10.0 Å². The largest absolute Gasteiger partial charge is 0.280 e. The van der Waals surface area contributed by atoms with E-state index in [1.165, 1.54) is 18.2 Å². The van der Waals surface area contributed by atoms with Crippen LogP contribution < -0.4 is 4.72 Å². The van der Waals surface area contributed by atoms with E-state index < -0.39 is 10.0 Å². The molecule has 0 aliphatic heterocycles. The molecule has 0 bridgehead atoms. The molecule has 4 rings (SSSR count). The molecule has 4 aromatic rings. The molecule has 0 aliphatic carbocycles. The van der Waals surface area contributed by atoms with E-state index in [1.54, 1.807) is 47.6 Å². The molecule has 1 N–H and O–H groups in total. The number of nitrogens with zero attached hydrogens (tertiary/aromatic N) is 4. The number of aromatic nitrogens is 4. The number of hydrogen-bond acceptors (Lipinski definition) is 5. The van der Waals surface area contributed by atoms with Gasteiger partial charge in [-0.1, -0.05) is 23.2 Å². The van der Waals surface area contributed by atoms with Gasteiger partial charge in [-0.3, -0.25) is 9.29 Å². The fraction of sp³-hybridized carbons (Fsp3) is 0. The number of sulfonamides is 1. The summed E-state index contributed by atoms with van der Waals surface area (Å²) < 4.78 is 29.4. The summed E-state index contributed by atoms with van der Waals surface area (Å²) in [7, 11) is -3.85. The third-order valence-electron chi connectivity index (χ3n) is 3.71. The van der Waals surface area contributed by atoms with Gasteiger partial charge in [0.05, 0.1) is 21.6 Å². The van der Waals surface area contributed by atoms with Crippen molar-refractivity contribution in [3.63, 3.8) is 0 Å². The molecule has 0 aliphatic rings. The predicted octanol–water partition coefficient (Wildman–Crippen LogP) is 3.92. The van der Waals surface area contributed by atoms with Crippen LogP contribution in [0.3, 0.4) is 0 Å². The van der Waals surface area contributed by atoms with E-state index in [1.807, 2.05) is 0 Å². The summed E-state index contributed by atoms with van der Waals surface area (Å²) in [4.78, 5) is 12.6. The van der Waals surface area contributed by atoms with Gasteiger partial charge >= 0.3 is 0 Å². The van der Waals surface area contributed by atoms with E-state index in [0.717, 1.165) is 5.52 Å². The maximum atomic E-state index is 12.6. The second kappa shape index (κ2) is 6.80. The number of rotatable bonds is 4. The first kappa shape index (κ1) is 17.7. The van der Waals surface area contributed by atoms with Gasteiger partial charge in [0, 0.05) is 22.4 Å². The van der Waals surface area contributed by atoms with Crippen molar-refractivity contribution in [1.29, 1.82) is 0 Å². The zero-order valence-corrected chi connectivity index (χ0v) is 15.9. The average molecular weight is 420 g/mol. The van der Waals surface area contributed by atoms with Gasteiger partial charge in [0.15, 0.2) is 0 Å². The lowest BCUT2D eigenvalue weighted by atomic mass is 10.3. The average Bonchev–Trinajstić information content (AvgIpc) is 3.04. The highest BCUT2D eigenvalue weighted by Gasteiger charge is 2.17. The predicted molar refractivity (Wildman–Crippen MR) is 104 cm³/mol. The second-order valence-corrected chi connectivity index (χ2v) is 8.13. The Labute approximate surface area is 164 Å². The summed E-state index contributed by atoms with van der Waals surface area (Å²) in [5, 5.41) is 0.472. The summed E-state index contributed by atoms with van der Waals surface area (Å²) >= 11 is 11.8. The zero-order chi connectivity index (χ0) is 19.0. The first-order valence-corrected chi connectivity index (χ1v) is 9.90. The Bertz CT molecular complexity index is 1220. The van der Waals surface area contributed by atoms with Gasteiger partial charge in [0.1, 0.15) is 6.33 Å². The minimum absolute atomic E-state index is 0.0247. The van der Waals surface area contributed by atoms with Gasteiger partial charge in [-0.05, 0) is 42.5 Å². The number of halogens is 2. The molecule has 136 valence electrons. The van der Waals surface area contributed by atoms with Crippen LogP contribution in [-0.2, 0) is 10.0 Å². The highest BCUT2D eigenvalue weighted by atomic mass is 35.5. The van der Waals surface area contributed by atoms with E-state index in [-0.39, 0.29) is 14.9 Å². The van der Waals surface area contributed by atoms with Crippen molar-refractivity contribution in [1.82, 2.24) is 19.5 Å². The minimum atomic E-state index is -3.85. The van der Waals surface area contributed by atoms with Crippen molar-refractivity contribution in [2.24, 2.45) is 0 Å². The maximum absolute atomic E-state index is 12.6. The lowest BCUT2D eigenvalue weighted by Crippen LogP contribution is -2.13. The summed E-state index contributed by atoms with van der Waals surface area (Å²) in [6.45, 7) is 0. The molecule has 0 spiro atoms. The molecule has 2 aromatic heterocycles. The molecule has 0 fully saturated rings. The topological polar surface area (TPSA) is 89.8 Å². The molecule has 0 atom stereocenters. The normalized spacial score (nSPS) is 11.6. The second-order valence-electron chi connectivity index (χ2n) is 5.58. The van der Waals surface area contributed by atoms with Crippen LogP contribution in [0.15, 0.2) is 66.1 Å². The van der Waals surface area contributed by atoms with Crippen LogP contribution in [0.25, 0.3) is 17.0 Å². The third-order valence-corrected chi connectivity index (χ3v) is 5.51. The molecule has 0 saturated carbocycles. The van der Waals surface area contributed by atoms with Gasteiger partial charge < -0.3 is 0 Å². The summed E-state index contributed by atoms with van der Waals surface area (Å²) in [6.07, 6.45) is 4.84. The fourth-order valence-corrected chi connectivity index (χ4v) is 4.32. The summed E-state index contributed by atoms with van der Waals surface area (Å²) in [5.74, 6) is 0.474. The van der Waals surface area contributed by atoms with Crippen molar-refractivity contribution in [3.05, 3.63) is 71.2 Å². The van der Waals surface area contributed by atoms with Crippen molar-refractivity contribution in [2.75, 3.05) is 4.72 Å². The van der Waals surface area contributed by atoms with Crippen molar-refractivity contribution in [2.45, 2.75) is 4.90 Å². The number of imidazole rings is 1. The number of hydrogen-bond donors (Lipinski definition) is 1. The molecule has 10 heteroatoms. The number of benzene rings is 2. The molecule has 0 unspecified atom stereocenters. The van der Waals surface area contributed by atoms with Crippen LogP contribution in [-0.4, -0.2) is 27.9 Å². The van der Waals surface area contributed by atoms with Gasteiger partial charge in [-0.15, -0.1) is 0 Å². The Hall–Kier alpha value is -2.68. The van der Waals surface area contributed by atoms with Gasteiger partial charge in [0.2, 0.25) is 5.95 Å². The standard InChI is InChI=1S/C17H11Cl2N5O2S/c18-11-6-12(19)8-14(7-11)27(25,26)23-13-2-3-16-15(9-13)22-10-24(16)17-20-4-1-5-21-17/h1-10,23H. The monoisotopic (exact) mass is 419 g/mol. The molecule has 0 saturated heterocycles. The van der Waals surface area contributed by atoms with Crippen LogP contribution in [0.2, 0.25) is 10.0 Å². The maximum Gasteiger partial charge on any atom is 0.261 e. The molecule has 0 amide bonds. The Morgan fingerprint density at radius 3 is 2.33 bits per heavy atom. The number of fused-ring (bicyclic) bond motifs is 1. The zero-order valence-electron chi connectivity index (χ0n) is 13.5. The highest BCUT2D eigenvalue weighted by molar-refractivity contribution is 7.92. The first-order chi connectivity index (χ1) is 12.9. The molecular formula is C17H11Cl2N5O2S. The van der Waals surface area contributed by atoms with Crippen LogP contribution in [0.1, 0.15) is 0 Å². The quantitative estimate of drug-likeness (QED) is 0.541. The smallest absolute Gasteiger partial charge is 0.261 e. The third kappa shape index (κ3) is 3.59. The first-order valence-electron chi connectivity index (χ1n) is 7.66.